The largest absolute Gasteiger partial charge is 0.504 e. The van der Waals surface area contributed by atoms with Crippen molar-refractivity contribution in [3.05, 3.63) is 66.3 Å². The third kappa shape index (κ3) is 3.90. The van der Waals surface area contributed by atoms with Gasteiger partial charge in [-0.15, -0.1) is 6.58 Å². The Morgan fingerprint density at radius 2 is 1.79 bits per heavy atom. The summed E-state index contributed by atoms with van der Waals surface area (Å²) in [5.41, 5.74) is 1.90. The predicted molar refractivity (Wildman–Crippen MR) is 95.8 cm³/mol. The molecule has 0 aliphatic carbocycles. The fourth-order valence-electron chi connectivity index (χ4n) is 2.32. The van der Waals surface area contributed by atoms with E-state index in [2.05, 4.69) is 6.58 Å². The molecular formula is C20H22O4. The zero-order chi connectivity index (χ0) is 17.5. The lowest BCUT2D eigenvalue weighted by atomic mass is 10.1. The molecule has 2 rings (SSSR count). The first-order valence-electron chi connectivity index (χ1n) is 7.62. The predicted octanol–water partition coefficient (Wildman–Crippen LogP) is 4.58. The lowest BCUT2D eigenvalue weighted by Gasteiger charge is -2.15. The molecule has 4 nitrogen and oxygen atoms in total. The van der Waals surface area contributed by atoms with Crippen molar-refractivity contribution in [3.63, 3.8) is 0 Å². The summed E-state index contributed by atoms with van der Waals surface area (Å²) in [5, 5.41) is 9.73. The molecule has 0 aliphatic heterocycles. The maximum absolute atomic E-state index is 9.73. The van der Waals surface area contributed by atoms with Crippen LogP contribution in [0.5, 0.6) is 23.0 Å². The van der Waals surface area contributed by atoms with Crippen LogP contribution >= 0.6 is 0 Å². The Morgan fingerprint density at radius 3 is 2.42 bits per heavy atom. The standard InChI is InChI=1S/C20H22O4/c1-5-7-14-8-11-18(20(12-14)23-4)24-17(6-2)15-9-10-16(21)19(13-15)22-3/h5-6,8-13,21H,1,7H2,2-4H3. The van der Waals surface area contributed by atoms with E-state index in [1.807, 2.05) is 37.3 Å². The molecule has 0 saturated carbocycles. The molecular weight excluding hydrogens is 304 g/mol. The van der Waals surface area contributed by atoms with E-state index in [9.17, 15) is 5.11 Å². The summed E-state index contributed by atoms with van der Waals surface area (Å²) in [5.74, 6) is 2.39. The fraction of sp³-hybridized carbons (Fsp3) is 0.200. The molecule has 4 heteroatoms. The number of methoxy groups -OCH3 is 2. The van der Waals surface area contributed by atoms with Gasteiger partial charge in [0, 0.05) is 5.56 Å². The molecule has 0 aliphatic rings. The van der Waals surface area contributed by atoms with Crippen LogP contribution in [0.25, 0.3) is 5.76 Å². The Bertz CT molecular complexity index is 747. The highest BCUT2D eigenvalue weighted by Gasteiger charge is 2.12. The van der Waals surface area contributed by atoms with E-state index in [0.717, 1.165) is 17.5 Å². The minimum Gasteiger partial charge on any atom is -0.504 e. The van der Waals surface area contributed by atoms with E-state index < -0.39 is 0 Å². The van der Waals surface area contributed by atoms with Gasteiger partial charge in [0.25, 0.3) is 0 Å². The second-order valence-corrected chi connectivity index (χ2v) is 5.12. The van der Waals surface area contributed by atoms with Gasteiger partial charge in [0.15, 0.2) is 23.0 Å². The van der Waals surface area contributed by atoms with Gasteiger partial charge in [-0.3, -0.25) is 0 Å². The van der Waals surface area contributed by atoms with Crippen molar-refractivity contribution in [1.82, 2.24) is 0 Å². The third-order valence-electron chi connectivity index (χ3n) is 3.55. The summed E-state index contributed by atoms with van der Waals surface area (Å²) in [7, 11) is 3.12. The molecule has 0 amide bonds. The molecule has 0 heterocycles. The monoisotopic (exact) mass is 326 g/mol. The lowest BCUT2D eigenvalue weighted by Crippen LogP contribution is -1.98. The SMILES string of the molecule is C=CCc1ccc(OC(=CC)c2ccc(O)c(OC)c2)c(OC)c1. The Labute approximate surface area is 142 Å². The first-order valence-corrected chi connectivity index (χ1v) is 7.62. The number of aromatic hydroxyl groups is 1. The normalized spacial score (nSPS) is 11.0. The van der Waals surface area contributed by atoms with Gasteiger partial charge in [0.1, 0.15) is 5.76 Å². The van der Waals surface area contributed by atoms with E-state index in [1.165, 1.54) is 7.11 Å². The fourth-order valence-corrected chi connectivity index (χ4v) is 2.32. The van der Waals surface area contributed by atoms with Crippen LogP contribution in [0.4, 0.5) is 0 Å². The van der Waals surface area contributed by atoms with Gasteiger partial charge in [-0.05, 0) is 55.3 Å². The minimum absolute atomic E-state index is 0.0862. The molecule has 0 atom stereocenters. The average Bonchev–Trinajstić information content (AvgIpc) is 2.61. The van der Waals surface area contributed by atoms with Crippen molar-refractivity contribution in [2.75, 3.05) is 14.2 Å². The smallest absolute Gasteiger partial charge is 0.169 e. The molecule has 0 bridgehead atoms. The molecule has 0 spiro atoms. The number of hydrogen-bond donors (Lipinski definition) is 1. The molecule has 1 N–H and O–H groups in total. The molecule has 2 aromatic rings. The number of hydrogen-bond acceptors (Lipinski definition) is 4. The number of phenolic OH excluding ortho intramolecular Hbond substituents is 1. The van der Waals surface area contributed by atoms with Gasteiger partial charge in [0.05, 0.1) is 14.2 Å². The van der Waals surface area contributed by atoms with Crippen LogP contribution in [0.1, 0.15) is 18.1 Å². The summed E-state index contributed by atoms with van der Waals surface area (Å²) in [6.07, 6.45) is 4.46. The molecule has 2 aromatic carbocycles. The van der Waals surface area contributed by atoms with Crippen molar-refractivity contribution in [3.8, 4) is 23.0 Å². The topological polar surface area (TPSA) is 47.9 Å². The Morgan fingerprint density at radius 1 is 1.04 bits per heavy atom. The van der Waals surface area contributed by atoms with Gasteiger partial charge in [-0.1, -0.05) is 12.1 Å². The van der Waals surface area contributed by atoms with Gasteiger partial charge in [-0.25, -0.2) is 0 Å². The van der Waals surface area contributed by atoms with Crippen molar-refractivity contribution in [2.24, 2.45) is 0 Å². The summed E-state index contributed by atoms with van der Waals surface area (Å²) < 4.78 is 16.6. The maximum atomic E-state index is 9.73. The molecule has 0 radical (unpaired) electrons. The second kappa shape index (κ2) is 8.11. The van der Waals surface area contributed by atoms with Crippen LogP contribution < -0.4 is 14.2 Å². The second-order valence-electron chi connectivity index (χ2n) is 5.12. The average molecular weight is 326 g/mol. The summed E-state index contributed by atoms with van der Waals surface area (Å²) in [6.45, 7) is 5.63. The highest BCUT2D eigenvalue weighted by Crippen LogP contribution is 2.34. The lowest BCUT2D eigenvalue weighted by molar-refractivity contribution is 0.372. The third-order valence-corrected chi connectivity index (χ3v) is 3.55. The minimum atomic E-state index is 0.0862. The summed E-state index contributed by atoms with van der Waals surface area (Å²) in [4.78, 5) is 0. The van der Waals surface area contributed by atoms with E-state index >= 15 is 0 Å². The van der Waals surface area contributed by atoms with Crippen LogP contribution in [0.3, 0.4) is 0 Å². The van der Waals surface area contributed by atoms with Gasteiger partial charge < -0.3 is 19.3 Å². The van der Waals surface area contributed by atoms with E-state index in [-0.39, 0.29) is 5.75 Å². The molecule has 126 valence electrons. The van der Waals surface area contributed by atoms with E-state index in [0.29, 0.717) is 23.0 Å². The van der Waals surface area contributed by atoms with Crippen molar-refractivity contribution < 1.29 is 19.3 Å². The maximum Gasteiger partial charge on any atom is 0.169 e. The molecule has 0 saturated heterocycles. The van der Waals surface area contributed by atoms with Gasteiger partial charge in [0.2, 0.25) is 0 Å². The number of rotatable bonds is 7. The van der Waals surface area contributed by atoms with Crippen LogP contribution in [0.15, 0.2) is 55.1 Å². The van der Waals surface area contributed by atoms with Crippen LogP contribution in [-0.2, 0) is 6.42 Å². The van der Waals surface area contributed by atoms with E-state index in [1.54, 1.807) is 25.3 Å². The van der Waals surface area contributed by atoms with Gasteiger partial charge in [-0.2, -0.15) is 0 Å². The first kappa shape index (κ1) is 17.5. The Balaban J connectivity index is 2.32. The summed E-state index contributed by atoms with van der Waals surface area (Å²) >= 11 is 0. The van der Waals surface area contributed by atoms with Crippen molar-refractivity contribution >= 4 is 5.76 Å². The highest BCUT2D eigenvalue weighted by molar-refractivity contribution is 5.65. The number of ether oxygens (including phenoxy) is 3. The Hall–Kier alpha value is -2.88. The van der Waals surface area contributed by atoms with Gasteiger partial charge >= 0.3 is 0 Å². The number of allylic oxidation sites excluding steroid dienone is 2. The molecule has 0 unspecified atom stereocenters. The Kier molecular flexibility index (Phi) is 5.90. The van der Waals surface area contributed by atoms with Crippen molar-refractivity contribution in [1.29, 1.82) is 0 Å². The molecule has 0 fully saturated rings. The molecule has 24 heavy (non-hydrogen) atoms. The molecule has 0 aromatic heterocycles. The highest BCUT2D eigenvalue weighted by atomic mass is 16.5. The first-order chi connectivity index (χ1) is 11.6. The quantitative estimate of drug-likeness (QED) is 0.598. The summed E-state index contributed by atoms with van der Waals surface area (Å²) in [6, 6.07) is 10.9. The number of phenols is 1. The zero-order valence-corrected chi connectivity index (χ0v) is 14.2. The van der Waals surface area contributed by atoms with E-state index in [4.69, 9.17) is 14.2 Å². The van der Waals surface area contributed by atoms with Crippen molar-refractivity contribution in [2.45, 2.75) is 13.3 Å². The number of benzene rings is 2. The van der Waals surface area contributed by atoms with Crippen LogP contribution in [-0.4, -0.2) is 19.3 Å². The zero-order valence-electron chi connectivity index (χ0n) is 14.2. The van der Waals surface area contributed by atoms with Crippen LogP contribution in [0, 0.1) is 0 Å². The van der Waals surface area contributed by atoms with Crippen LogP contribution in [0.2, 0.25) is 0 Å².